The molecule has 186 valence electrons. The number of nitrogens with two attached hydrogens (primary N) is 2. The smallest absolute Gasteiger partial charge is 0.0775 e. The third kappa shape index (κ3) is 10.8. The first kappa shape index (κ1) is 29.1. The van der Waals surface area contributed by atoms with E-state index in [0.717, 1.165) is 42.9 Å². The summed E-state index contributed by atoms with van der Waals surface area (Å²) in [4.78, 5) is 0. The molecule has 0 aromatic heterocycles. The van der Waals surface area contributed by atoms with Gasteiger partial charge in [0.25, 0.3) is 0 Å². The second-order valence-electron chi connectivity index (χ2n) is 9.91. The van der Waals surface area contributed by atoms with E-state index in [1.807, 2.05) is 19.9 Å². The lowest BCUT2D eigenvalue weighted by Gasteiger charge is -2.35. The number of allylic oxidation sites excluding steroid dienone is 4. The summed E-state index contributed by atoms with van der Waals surface area (Å²) in [5.74, 6) is 14.7. The van der Waals surface area contributed by atoms with Gasteiger partial charge in [-0.05, 0) is 88.9 Å². The minimum absolute atomic E-state index is 0.189. The highest BCUT2D eigenvalue weighted by Gasteiger charge is 2.29. The zero-order valence-corrected chi connectivity index (χ0v) is 21.9. The van der Waals surface area contributed by atoms with Crippen molar-refractivity contribution in [3.63, 3.8) is 0 Å². The van der Waals surface area contributed by atoms with E-state index < -0.39 is 0 Å². The van der Waals surface area contributed by atoms with Crippen LogP contribution in [0, 0.1) is 23.7 Å². The van der Waals surface area contributed by atoms with Gasteiger partial charge in [-0.3, -0.25) is 11.7 Å². The molecule has 4 N–H and O–H groups in total. The van der Waals surface area contributed by atoms with E-state index in [-0.39, 0.29) is 18.2 Å². The highest BCUT2D eigenvalue weighted by molar-refractivity contribution is 5.07. The second-order valence-corrected chi connectivity index (χ2v) is 9.91. The number of hydrogen-bond donors (Lipinski definition) is 2. The fourth-order valence-corrected chi connectivity index (χ4v) is 4.93. The molecule has 0 aromatic carbocycles. The molecule has 2 saturated carbocycles. The zero-order valence-electron chi connectivity index (χ0n) is 21.9. The summed E-state index contributed by atoms with van der Waals surface area (Å²) in [6, 6.07) is 0.239. The molecule has 3 aliphatic rings. The summed E-state index contributed by atoms with van der Waals surface area (Å²) in [6.07, 6.45) is 20.4. The molecule has 1 aliphatic heterocycles. The summed E-state index contributed by atoms with van der Waals surface area (Å²) in [5.41, 5.74) is 1.60. The molecule has 32 heavy (non-hydrogen) atoms. The molecule has 0 radical (unpaired) electrons. The lowest BCUT2D eigenvalue weighted by atomic mass is 9.71. The normalized spacial score (nSPS) is 33.2. The Bertz CT molecular complexity index is 567. The van der Waals surface area contributed by atoms with Gasteiger partial charge in [0.15, 0.2) is 0 Å². The average Bonchev–Trinajstić information content (AvgIpc) is 3.62. The number of hydrazine groups is 2. The molecule has 4 heteroatoms. The third-order valence-electron chi connectivity index (χ3n) is 7.29. The molecular formula is C28H53N3O. The van der Waals surface area contributed by atoms with E-state index in [1.165, 1.54) is 43.6 Å². The topological polar surface area (TPSA) is 64.5 Å². The SMILES string of the molecule is C=CC/C=C(\C)C1CCC(C)C(CC)C1.CC.CC1CC(N(N)N)CC(/C=C/C2CC2)O1. The summed E-state index contributed by atoms with van der Waals surface area (Å²) in [5, 5.41) is 1.33. The molecule has 1 saturated heterocycles. The predicted molar refractivity (Wildman–Crippen MR) is 140 cm³/mol. The van der Waals surface area contributed by atoms with Crippen LogP contribution in [0.3, 0.4) is 0 Å². The Labute approximate surface area is 199 Å². The van der Waals surface area contributed by atoms with Crippen LogP contribution in [-0.4, -0.2) is 23.4 Å². The number of hydrogen-bond acceptors (Lipinski definition) is 4. The van der Waals surface area contributed by atoms with Gasteiger partial charge in [-0.1, -0.05) is 64.0 Å². The van der Waals surface area contributed by atoms with Crippen LogP contribution in [-0.2, 0) is 4.74 Å². The van der Waals surface area contributed by atoms with Crippen LogP contribution >= 0.6 is 0 Å². The van der Waals surface area contributed by atoms with Gasteiger partial charge in [0, 0.05) is 6.04 Å². The Balaban J connectivity index is 0.000000297. The van der Waals surface area contributed by atoms with Crippen LogP contribution < -0.4 is 11.7 Å². The predicted octanol–water partition coefficient (Wildman–Crippen LogP) is 6.94. The van der Waals surface area contributed by atoms with Gasteiger partial charge < -0.3 is 4.74 Å². The van der Waals surface area contributed by atoms with Crippen LogP contribution in [0.25, 0.3) is 0 Å². The van der Waals surface area contributed by atoms with Crippen molar-refractivity contribution in [2.45, 2.75) is 118 Å². The van der Waals surface area contributed by atoms with Crippen molar-refractivity contribution in [3.8, 4) is 0 Å². The van der Waals surface area contributed by atoms with Crippen LogP contribution in [0.1, 0.15) is 99.3 Å². The van der Waals surface area contributed by atoms with Gasteiger partial charge >= 0.3 is 0 Å². The summed E-state index contributed by atoms with van der Waals surface area (Å²) >= 11 is 0. The zero-order chi connectivity index (χ0) is 24.1. The van der Waals surface area contributed by atoms with Gasteiger partial charge in [0.1, 0.15) is 0 Å². The quantitative estimate of drug-likeness (QED) is 0.252. The minimum Gasteiger partial charge on any atom is -0.371 e. The molecule has 6 unspecified atom stereocenters. The van der Waals surface area contributed by atoms with Crippen molar-refractivity contribution in [2.24, 2.45) is 35.4 Å². The van der Waals surface area contributed by atoms with Crippen LogP contribution in [0.5, 0.6) is 0 Å². The molecule has 0 bridgehead atoms. The van der Waals surface area contributed by atoms with E-state index >= 15 is 0 Å². The van der Waals surface area contributed by atoms with Crippen molar-refractivity contribution >= 4 is 0 Å². The monoisotopic (exact) mass is 447 g/mol. The summed E-state index contributed by atoms with van der Waals surface area (Å²) < 4.78 is 5.82. The van der Waals surface area contributed by atoms with Crippen molar-refractivity contribution in [2.75, 3.05) is 0 Å². The number of ether oxygens (including phenoxy) is 1. The molecule has 0 spiro atoms. The number of nitrogens with zero attached hydrogens (tertiary/aromatic N) is 1. The van der Waals surface area contributed by atoms with E-state index in [4.69, 9.17) is 16.4 Å². The molecule has 4 nitrogen and oxygen atoms in total. The first-order valence-corrected chi connectivity index (χ1v) is 13.2. The Morgan fingerprint density at radius 1 is 1.03 bits per heavy atom. The lowest BCUT2D eigenvalue weighted by Crippen LogP contribution is -2.51. The molecular weight excluding hydrogens is 394 g/mol. The molecule has 3 fully saturated rings. The third-order valence-corrected chi connectivity index (χ3v) is 7.29. The van der Waals surface area contributed by atoms with Crippen LogP contribution in [0.2, 0.25) is 0 Å². The largest absolute Gasteiger partial charge is 0.371 e. The average molecular weight is 448 g/mol. The fraction of sp³-hybridized carbons (Fsp3) is 0.786. The van der Waals surface area contributed by atoms with Crippen molar-refractivity contribution in [1.29, 1.82) is 0 Å². The van der Waals surface area contributed by atoms with Crippen molar-refractivity contribution < 1.29 is 4.74 Å². The van der Waals surface area contributed by atoms with Crippen LogP contribution in [0.4, 0.5) is 0 Å². The maximum absolute atomic E-state index is 5.82. The van der Waals surface area contributed by atoms with Crippen molar-refractivity contribution in [3.05, 3.63) is 36.5 Å². The second kappa shape index (κ2) is 15.8. The molecule has 3 rings (SSSR count). The first-order valence-electron chi connectivity index (χ1n) is 13.2. The number of rotatable bonds is 7. The highest BCUT2D eigenvalue weighted by atomic mass is 16.5. The Kier molecular flexibility index (Phi) is 14.4. The highest BCUT2D eigenvalue weighted by Crippen LogP contribution is 2.38. The van der Waals surface area contributed by atoms with Crippen LogP contribution in [0.15, 0.2) is 36.5 Å². The van der Waals surface area contributed by atoms with Crippen molar-refractivity contribution in [1.82, 2.24) is 5.12 Å². The standard InChI is InChI=1S/C15H26.C11H21N3O.C2H6/c1-5-7-8-12(3)15-10-9-13(4)14(6-2)11-15;1-8-6-10(14(12)13)7-11(15-8)5-4-9-2-3-9;1-2/h5,8,13-15H,1,6-7,9-11H2,2-4H3;4-5,8-11H,2-3,6-7,12-13H2,1H3;1-2H3/b12-8+;5-4+;. The molecule has 6 atom stereocenters. The van der Waals surface area contributed by atoms with Gasteiger partial charge in [0.2, 0.25) is 0 Å². The van der Waals surface area contributed by atoms with E-state index in [0.29, 0.717) is 0 Å². The fourth-order valence-electron chi connectivity index (χ4n) is 4.93. The van der Waals surface area contributed by atoms with E-state index in [9.17, 15) is 0 Å². The van der Waals surface area contributed by atoms with Gasteiger partial charge in [0.05, 0.1) is 12.2 Å². The Morgan fingerprint density at radius 2 is 1.72 bits per heavy atom. The first-order chi connectivity index (χ1) is 15.3. The van der Waals surface area contributed by atoms with E-state index in [2.05, 4.69) is 52.5 Å². The minimum atomic E-state index is 0.189. The molecule has 0 aromatic rings. The molecule has 1 heterocycles. The van der Waals surface area contributed by atoms with Gasteiger partial charge in [-0.15, -0.1) is 6.58 Å². The molecule has 0 amide bonds. The molecule has 2 aliphatic carbocycles. The Hall–Kier alpha value is -0.940. The van der Waals surface area contributed by atoms with Gasteiger partial charge in [-0.25, -0.2) is 0 Å². The summed E-state index contributed by atoms with van der Waals surface area (Å²) in [6.45, 7) is 16.9. The summed E-state index contributed by atoms with van der Waals surface area (Å²) in [7, 11) is 0. The maximum atomic E-state index is 5.82. The van der Waals surface area contributed by atoms with Gasteiger partial charge in [-0.2, -0.15) is 5.12 Å². The maximum Gasteiger partial charge on any atom is 0.0775 e. The van der Waals surface area contributed by atoms with E-state index in [1.54, 1.807) is 5.57 Å². The Morgan fingerprint density at radius 3 is 2.28 bits per heavy atom. The lowest BCUT2D eigenvalue weighted by molar-refractivity contribution is -0.0534.